The van der Waals surface area contributed by atoms with Crippen LogP contribution in [0.3, 0.4) is 0 Å². The van der Waals surface area contributed by atoms with Gasteiger partial charge in [0.15, 0.2) is 0 Å². The maximum atomic E-state index is 11.7. The van der Waals surface area contributed by atoms with Crippen LogP contribution in [-0.2, 0) is 11.2 Å². The molecule has 0 unspecified atom stereocenters. The van der Waals surface area contributed by atoms with Crippen LogP contribution in [0, 0.1) is 5.92 Å². The molecule has 0 saturated heterocycles. The van der Waals surface area contributed by atoms with Crippen molar-refractivity contribution >= 4 is 24.0 Å². The molecule has 0 heterocycles. The molecule has 1 aromatic carbocycles. The number of rotatable bonds is 7. The van der Waals surface area contributed by atoms with E-state index in [2.05, 4.69) is 5.32 Å². The Balaban J connectivity index is 0.00000220. The predicted molar refractivity (Wildman–Crippen MR) is 90.6 cm³/mol. The summed E-state index contributed by atoms with van der Waals surface area (Å²) >= 11 is 0. The van der Waals surface area contributed by atoms with Gasteiger partial charge in [0.1, 0.15) is 0 Å². The quantitative estimate of drug-likeness (QED) is 0.754. The summed E-state index contributed by atoms with van der Waals surface area (Å²) < 4.78 is 0. The van der Waals surface area contributed by atoms with Crippen molar-refractivity contribution in [2.24, 2.45) is 5.92 Å². The van der Waals surface area contributed by atoms with Crippen LogP contribution in [0.1, 0.15) is 50.5 Å². The highest BCUT2D eigenvalue weighted by atomic mass is 35.5. The zero-order valence-electron chi connectivity index (χ0n) is 12.6. The molecular weight excluding hydrogens is 284 g/mol. The van der Waals surface area contributed by atoms with E-state index in [1.165, 1.54) is 37.7 Å². The van der Waals surface area contributed by atoms with Gasteiger partial charge in [-0.05, 0) is 42.9 Å². The lowest BCUT2D eigenvalue weighted by molar-refractivity contribution is -0.121. The van der Waals surface area contributed by atoms with E-state index in [1.54, 1.807) is 0 Å². The fourth-order valence-electron chi connectivity index (χ4n) is 2.97. The van der Waals surface area contributed by atoms with Crippen molar-refractivity contribution in [3.05, 3.63) is 29.8 Å². The van der Waals surface area contributed by atoms with Gasteiger partial charge in [-0.1, -0.05) is 37.8 Å². The summed E-state index contributed by atoms with van der Waals surface area (Å²) in [6.07, 6.45) is 9.34. The molecule has 21 heavy (non-hydrogen) atoms. The van der Waals surface area contributed by atoms with Crippen molar-refractivity contribution in [3.8, 4) is 0 Å². The van der Waals surface area contributed by atoms with Crippen molar-refractivity contribution in [1.29, 1.82) is 0 Å². The van der Waals surface area contributed by atoms with Gasteiger partial charge >= 0.3 is 0 Å². The first-order chi connectivity index (χ1) is 9.74. The summed E-state index contributed by atoms with van der Waals surface area (Å²) in [6, 6.07) is 7.83. The number of hydrogen-bond donors (Lipinski definition) is 2. The van der Waals surface area contributed by atoms with Crippen molar-refractivity contribution < 1.29 is 4.79 Å². The van der Waals surface area contributed by atoms with Crippen molar-refractivity contribution in [2.75, 3.05) is 12.3 Å². The molecule has 0 radical (unpaired) electrons. The lowest BCUT2D eigenvalue weighted by Gasteiger charge is -2.09. The Bertz CT molecular complexity index is 413. The summed E-state index contributed by atoms with van der Waals surface area (Å²) in [5, 5.41) is 3.00. The highest BCUT2D eigenvalue weighted by molar-refractivity contribution is 5.85. The SMILES string of the molecule is Cl.Nc1ccc(CCNC(=O)CCCC2CCCC2)cc1. The first-order valence-corrected chi connectivity index (χ1v) is 7.85. The summed E-state index contributed by atoms with van der Waals surface area (Å²) in [7, 11) is 0. The highest BCUT2D eigenvalue weighted by Crippen LogP contribution is 2.28. The van der Waals surface area contributed by atoms with E-state index in [-0.39, 0.29) is 18.3 Å². The number of amides is 1. The zero-order chi connectivity index (χ0) is 14.2. The Hall–Kier alpha value is -1.22. The third kappa shape index (κ3) is 6.85. The molecule has 1 fully saturated rings. The number of halogens is 1. The van der Waals surface area contributed by atoms with Crippen molar-refractivity contribution in [2.45, 2.75) is 51.4 Å². The molecule has 1 amide bonds. The molecule has 0 aliphatic heterocycles. The van der Waals surface area contributed by atoms with E-state index in [0.29, 0.717) is 13.0 Å². The number of nitrogen functional groups attached to an aromatic ring is 1. The standard InChI is InChI=1S/C17H26N2O.ClH/c18-16-10-8-15(9-11-16)12-13-19-17(20)7-3-6-14-4-1-2-5-14;/h8-11,14H,1-7,12-13,18H2,(H,19,20);1H. The van der Waals surface area contributed by atoms with Crippen LogP contribution >= 0.6 is 12.4 Å². The topological polar surface area (TPSA) is 55.1 Å². The minimum Gasteiger partial charge on any atom is -0.399 e. The van der Waals surface area contributed by atoms with Gasteiger partial charge < -0.3 is 11.1 Å². The molecule has 3 N–H and O–H groups in total. The second kappa shape index (κ2) is 9.67. The molecular formula is C17H27ClN2O. The maximum absolute atomic E-state index is 11.7. The summed E-state index contributed by atoms with van der Waals surface area (Å²) in [5.74, 6) is 1.08. The maximum Gasteiger partial charge on any atom is 0.220 e. The van der Waals surface area contributed by atoms with Crippen LogP contribution in [-0.4, -0.2) is 12.5 Å². The highest BCUT2D eigenvalue weighted by Gasteiger charge is 2.14. The van der Waals surface area contributed by atoms with Gasteiger partial charge in [-0.15, -0.1) is 12.4 Å². The average Bonchev–Trinajstić information content (AvgIpc) is 2.94. The number of carbonyl (C=O) groups is 1. The number of nitrogens with two attached hydrogens (primary N) is 1. The molecule has 2 rings (SSSR count). The molecule has 4 heteroatoms. The van der Waals surface area contributed by atoms with Crippen LogP contribution in [0.25, 0.3) is 0 Å². The van der Waals surface area contributed by atoms with E-state index in [4.69, 9.17) is 5.73 Å². The van der Waals surface area contributed by atoms with Crippen LogP contribution in [0.15, 0.2) is 24.3 Å². The van der Waals surface area contributed by atoms with Gasteiger partial charge in [-0.2, -0.15) is 0 Å². The average molecular weight is 311 g/mol. The Labute approximate surface area is 134 Å². The molecule has 1 aliphatic carbocycles. The molecule has 0 spiro atoms. The Morgan fingerprint density at radius 3 is 2.52 bits per heavy atom. The second-order valence-electron chi connectivity index (χ2n) is 5.88. The molecule has 0 bridgehead atoms. The van der Waals surface area contributed by atoms with Crippen LogP contribution in [0.2, 0.25) is 0 Å². The molecule has 1 saturated carbocycles. The van der Waals surface area contributed by atoms with Gasteiger partial charge in [-0.3, -0.25) is 4.79 Å². The number of nitrogens with one attached hydrogen (secondary N) is 1. The summed E-state index contributed by atoms with van der Waals surface area (Å²) in [4.78, 5) is 11.7. The first kappa shape index (κ1) is 17.8. The van der Waals surface area contributed by atoms with Gasteiger partial charge in [0.05, 0.1) is 0 Å². The van der Waals surface area contributed by atoms with Gasteiger partial charge in [0, 0.05) is 18.7 Å². The normalized spacial score (nSPS) is 14.7. The van der Waals surface area contributed by atoms with Gasteiger partial charge in [0.25, 0.3) is 0 Å². The fraction of sp³-hybridized carbons (Fsp3) is 0.588. The van der Waals surface area contributed by atoms with Crippen molar-refractivity contribution in [3.63, 3.8) is 0 Å². The fourth-order valence-corrected chi connectivity index (χ4v) is 2.97. The molecule has 118 valence electrons. The molecule has 3 nitrogen and oxygen atoms in total. The smallest absolute Gasteiger partial charge is 0.220 e. The minimum atomic E-state index is 0. The number of carbonyl (C=O) groups excluding carboxylic acids is 1. The molecule has 1 aromatic rings. The van der Waals surface area contributed by atoms with E-state index < -0.39 is 0 Å². The van der Waals surface area contributed by atoms with E-state index in [0.717, 1.165) is 24.4 Å². The third-order valence-electron chi connectivity index (χ3n) is 4.21. The number of hydrogen-bond acceptors (Lipinski definition) is 2. The molecule has 1 aliphatic rings. The number of benzene rings is 1. The Morgan fingerprint density at radius 2 is 1.86 bits per heavy atom. The minimum absolute atomic E-state index is 0. The second-order valence-corrected chi connectivity index (χ2v) is 5.88. The molecule has 0 aromatic heterocycles. The Morgan fingerprint density at radius 1 is 1.19 bits per heavy atom. The lowest BCUT2D eigenvalue weighted by atomic mass is 10.0. The van der Waals surface area contributed by atoms with Crippen molar-refractivity contribution in [1.82, 2.24) is 5.32 Å². The summed E-state index contributed by atoms with van der Waals surface area (Å²) in [5.41, 5.74) is 7.64. The Kier molecular flexibility index (Phi) is 8.21. The van der Waals surface area contributed by atoms with Crippen LogP contribution in [0.5, 0.6) is 0 Å². The van der Waals surface area contributed by atoms with Gasteiger partial charge in [0.2, 0.25) is 5.91 Å². The monoisotopic (exact) mass is 310 g/mol. The lowest BCUT2D eigenvalue weighted by Crippen LogP contribution is -2.25. The van der Waals surface area contributed by atoms with E-state index >= 15 is 0 Å². The zero-order valence-corrected chi connectivity index (χ0v) is 13.5. The third-order valence-corrected chi connectivity index (χ3v) is 4.21. The molecule has 0 atom stereocenters. The largest absolute Gasteiger partial charge is 0.399 e. The predicted octanol–water partition coefficient (Wildman–Crippen LogP) is 3.71. The number of anilines is 1. The summed E-state index contributed by atoms with van der Waals surface area (Å²) in [6.45, 7) is 0.714. The van der Waals surface area contributed by atoms with E-state index in [9.17, 15) is 4.79 Å². The van der Waals surface area contributed by atoms with Gasteiger partial charge in [-0.25, -0.2) is 0 Å². The van der Waals surface area contributed by atoms with Crippen LogP contribution in [0.4, 0.5) is 5.69 Å². The van der Waals surface area contributed by atoms with Crippen LogP contribution < -0.4 is 11.1 Å². The van der Waals surface area contributed by atoms with E-state index in [1.807, 2.05) is 24.3 Å². The first-order valence-electron chi connectivity index (χ1n) is 7.85.